The fourth-order valence-corrected chi connectivity index (χ4v) is 2.98. The van der Waals surface area contributed by atoms with Crippen LogP contribution in [0.2, 0.25) is 0 Å². The predicted molar refractivity (Wildman–Crippen MR) is 73.6 cm³/mol. The number of nitrogens with one attached hydrogen (secondary N) is 2. The summed E-state index contributed by atoms with van der Waals surface area (Å²) < 4.78 is 32.2. The van der Waals surface area contributed by atoms with Crippen LogP contribution < -0.4 is 10.0 Å². The van der Waals surface area contributed by atoms with E-state index in [9.17, 15) is 8.42 Å². The van der Waals surface area contributed by atoms with E-state index in [1.165, 1.54) is 12.1 Å². The Bertz CT molecular complexity index is 572. The lowest BCUT2D eigenvalue weighted by atomic mass is 10.2. The molecule has 0 radical (unpaired) electrons. The van der Waals surface area contributed by atoms with Crippen molar-refractivity contribution >= 4 is 10.0 Å². The molecule has 1 atom stereocenters. The minimum atomic E-state index is -3.53. The summed E-state index contributed by atoms with van der Waals surface area (Å²) in [5.41, 5.74) is 0.797. The Morgan fingerprint density at radius 3 is 2.75 bits per heavy atom. The molecule has 0 aromatic heterocycles. The number of benzene rings is 1. The van der Waals surface area contributed by atoms with Gasteiger partial charge in [0.15, 0.2) is 0 Å². The van der Waals surface area contributed by atoms with E-state index in [1.54, 1.807) is 12.1 Å². The number of hydrogen-bond donors (Lipinski definition) is 2. The normalized spacial score (nSPS) is 19.4. The Morgan fingerprint density at radius 1 is 1.40 bits per heavy atom. The van der Waals surface area contributed by atoms with Gasteiger partial charge in [-0.2, -0.15) is 5.26 Å². The van der Waals surface area contributed by atoms with Gasteiger partial charge >= 0.3 is 0 Å². The van der Waals surface area contributed by atoms with Crippen molar-refractivity contribution in [1.82, 2.24) is 10.0 Å². The second-order valence-electron chi connectivity index (χ2n) is 4.53. The zero-order valence-corrected chi connectivity index (χ0v) is 11.8. The third kappa shape index (κ3) is 4.02. The third-order valence-corrected chi connectivity index (χ3v) is 4.46. The molecular formula is C13H17N3O3S. The first-order valence-electron chi connectivity index (χ1n) is 6.40. The highest BCUT2D eigenvalue weighted by atomic mass is 32.2. The van der Waals surface area contributed by atoms with E-state index < -0.39 is 10.0 Å². The van der Waals surface area contributed by atoms with Gasteiger partial charge in [0.05, 0.1) is 30.1 Å². The van der Waals surface area contributed by atoms with Crippen LogP contribution in [0.1, 0.15) is 5.56 Å². The van der Waals surface area contributed by atoms with E-state index in [4.69, 9.17) is 10.00 Å². The molecular weight excluding hydrogens is 278 g/mol. The van der Waals surface area contributed by atoms with E-state index in [2.05, 4.69) is 10.0 Å². The second-order valence-corrected chi connectivity index (χ2v) is 6.29. The maximum atomic E-state index is 12.1. The lowest BCUT2D eigenvalue weighted by Crippen LogP contribution is -2.45. The molecule has 1 heterocycles. The number of hydrogen-bond acceptors (Lipinski definition) is 5. The average molecular weight is 295 g/mol. The summed E-state index contributed by atoms with van der Waals surface area (Å²) in [5.74, 6) is 0. The zero-order chi connectivity index (χ0) is 14.4. The van der Waals surface area contributed by atoms with Crippen molar-refractivity contribution in [2.75, 3.05) is 26.2 Å². The van der Waals surface area contributed by atoms with Gasteiger partial charge in [0.1, 0.15) is 0 Å². The van der Waals surface area contributed by atoms with Gasteiger partial charge in [0, 0.05) is 19.6 Å². The lowest BCUT2D eigenvalue weighted by Gasteiger charge is -2.23. The highest BCUT2D eigenvalue weighted by Gasteiger charge is 2.18. The third-order valence-electron chi connectivity index (χ3n) is 3.02. The molecule has 0 spiro atoms. The molecule has 1 aliphatic heterocycles. The molecule has 2 N–H and O–H groups in total. The van der Waals surface area contributed by atoms with Gasteiger partial charge in [-0.25, -0.2) is 13.1 Å². The van der Waals surface area contributed by atoms with Crippen LogP contribution in [-0.4, -0.2) is 40.8 Å². The van der Waals surface area contributed by atoms with Crippen molar-refractivity contribution in [2.24, 2.45) is 0 Å². The van der Waals surface area contributed by atoms with Crippen LogP contribution in [0, 0.1) is 11.3 Å². The molecule has 0 saturated carbocycles. The van der Waals surface area contributed by atoms with Gasteiger partial charge in [-0.3, -0.25) is 0 Å². The minimum absolute atomic E-state index is 0.142. The first kappa shape index (κ1) is 14.9. The van der Waals surface area contributed by atoms with Crippen LogP contribution in [0.3, 0.4) is 0 Å². The van der Waals surface area contributed by atoms with Gasteiger partial charge in [-0.05, 0) is 17.7 Å². The molecule has 108 valence electrons. The summed E-state index contributed by atoms with van der Waals surface area (Å²) >= 11 is 0. The van der Waals surface area contributed by atoms with Gasteiger partial charge < -0.3 is 10.1 Å². The van der Waals surface area contributed by atoms with Gasteiger partial charge in [0.2, 0.25) is 10.0 Å². The van der Waals surface area contributed by atoms with Crippen molar-refractivity contribution in [3.63, 3.8) is 0 Å². The van der Waals surface area contributed by atoms with Crippen molar-refractivity contribution in [1.29, 1.82) is 5.26 Å². The number of nitriles is 1. The van der Waals surface area contributed by atoms with Crippen LogP contribution in [0.5, 0.6) is 0 Å². The Morgan fingerprint density at radius 2 is 2.15 bits per heavy atom. The van der Waals surface area contributed by atoms with Crippen molar-refractivity contribution in [2.45, 2.75) is 17.4 Å². The van der Waals surface area contributed by atoms with E-state index in [1.807, 2.05) is 6.07 Å². The van der Waals surface area contributed by atoms with E-state index in [0.717, 1.165) is 12.1 Å². The zero-order valence-electron chi connectivity index (χ0n) is 11.0. The Labute approximate surface area is 118 Å². The van der Waals surface area contributed by atoms with Gasteiger partial charge in [-0.1, -0.05) is 12.1 Å². The molecule has 2 rings (SSSR count). The average Bonchev–Trinajstić information content (AvgIpc) is 2.47. The SMILES string of the molecule is N#CCc1ccc(S(=O)(=O)NCC2CNCCO2)cc1. The molecule has 1 aromatic carbocycles. The second kappa shape index (κ2) is 6.81. The molecule has 1 fully saturated rings. The Kier molecular flexibility index (Phi) is 5.09. The molecule has 1 saturated heterocycles. The molecule has 0 aliphatic carbocycles. The number of morpholine rings is 1. The van der Waals surface area contributed by atoms with Crippen molar-refractivity contribution in [3.05, 3.63) is 29.8 Å². The number of rotatable bonds is 5. The maximum Gasteiger partial charge on any atom is 0.240 e. The van der Waals surface area contributed by atoms with Crippen LogP contribution >= 0.6 is 0 Å². The van der Waals surface area contributed by atoms with Crippen LogP contribution in [-0.2, 0) is 21.2 Å². The van der Waals surface area contributed by atoms with Crippen LogP contribution in [0.4, 0.5) is 0 Å². The van der Waals surface area contributed by atoms with E-state index in [0.29, 0.717) is 13.2 Å². The standard InChI is InChI=1S/C13H17N3O3S/c14-6-5-11-1-3-13(4-2-11)20(17,18)16-10-12-9-15-7-8-19-12/h1-4,12,15-16H,5,7-10H2. The number of nitrogens with zero attached hydrogens (tertiary/aromatic N) is 1. The van der Waals surface area contributed by atoms with Gasteiger partial charge in [-0.15, -0.1) is 0 Å². The first-order chi connectivity index (χ1) is 9.62. The molecule has 20 heavy (non-hydrogen) atoms. The minimum Gasteiger partial charge on any atom is -0.374 e. The fraction of sp³-hybridized carbons (Fsp3) is 0.462. The highest BCUT2D eigenvalue weighted by molar-refractivity contribution is 7.89. The molecule has 1 aliphatic rings. The summed E-state index contributed by atoms with van der Waals surface area (Å²) in [5, 5.41) is 11.7. The monoisotopic (exact) mass is 295 g/mol. The number of sulfonamides is 1. The molecule has 6 nitrogen and oxygen atoms in total. The highest BCUT2D eigenvalue weighted by Crippen LogP contribution is 2.11. The lowest BCUT2D eigenvalue weighted by molar-refractivity contribution is 0.0324. The molecule has 0 amide bonds. The summed E-state index contributed by atoms with van der Waals surface area (Å²) in [6.45, 7) is 2.28. The van der Waals surface area contributed by atoms with Gasteiger partial charge in [0.25, 0.3) is 0 Å². The van der Waals surface area contributed by atoms with Crippen LogP contribution in [0.15, 0.2) is 29.2 Å². The van der Waals surface area contributed by atoms with Crippen molar-refractivity contribution < 1.29 is 13.2 Å². The van der Waals surface area contributed by atoms with Crippen LogP contribution in [0.25, 0.3) is 0 Å². The Balaban J connectivity index is 1.96. The smallest absolute Gasteiger partial charge is 0.240 e. The number of ether oxygens (including phenoxy) is 1. The summed E-state index contributed by atoms with van der Waals surface area (Å²) in [6.07, 6.45) is 0.131. The topological polar surface area (TPSA) is 91.2 Å². The fourth-order valence-electron chi connectivity index (χ4n) is 1.91. The first-order valence-corrected chi connectivity index (χ1v) is 7.88. The molecule has 1 aromatic rings. The summed E-state index contributed by atoms with van der Waals surface area (Å²) in [4.78, 5) is 0.197. The Hall–Kier alpha value is -1.46. The van der Waals surface area contributed by atoms with E-state index >= 15 is 0 Å². The summed E-state index contributed by atoms with van der Waals surface area (Å²) in [6, 6.07) is 8.34. The summed E-state index contributed by atoms with van der Waals surface area (Å²) in [7, 11) is -3.53. The molecule has 7 heteroatoms. The molecule has 1 unspecified atom stereocenters. The quantitative estimate of drug-likeness (QED) is 0.799. The van der Waals surface area contributed by atoms with E-state index in [-0.39, 0.29) is 24.0 Å². The maximum absolute atomic E-state index is 12.1. The largest absolute Gasteiger partial charge is 0.374 e. The van der Waals surface area contributed by atoms with Crippen molar-refractivity contribution in [3.8, 4) is 6.07 Å². The molecule has 0 bridgehead atoms. The predicted octanol–water partition coefficient (Wildman–Crippen LogP) is 0.0194.